The van der Waals surface area contributed by atoms with Gasteiger partial charge in [-0.15, -0.1) is 0 Å². The molecule has 4 aromatic rings. The summed E-state index contributed by atoms with van der Waals surface area (Å²) in [6.07, 6.45) is 4.59. The number of nitrogens with zero attached hydrogens (tertiary/aromatic N) is 5. The van der Waals surface area contributed by atoms with Gasteiger partial charge in [-0.25, -0.2) is 13.4 Å². The lowest BCUT2D eigenvalue weighted by molar-refractivity contribution is -0.136. The molecule has 15 heteroatoms. The number of rotatable bonds is 8. The van der Waals surface area contributed by atoms with Crippen LogP contribution < -0.4 is 10.5 Å². The second kappa shape index (κ2) is 13.1. The van der Waals surface area contributed by atoms with Gasteiger partial charge in [-0.3, -0.25) is 15.0 Å². The molecule has 12 nitrogen and oxygen atoms in total. The molecule has 2 saturated heterocycles. The zero-order valence-electron chi connectivity index (χ0n) is 25.5. The number of piperazine rings is 1. The van der Waals surface area contributed by atoms with Gasteiger partial charge in [-0.05, 0) is 56.2 Å². The molecule has 0 bridgehead atoms. The van der Waals surface area contributed by atoms with Crippen LogP contribution in [0.25, 0.3) is 5.65 Å². The molecule has 0 saturated carbocycles. The van der Waals surface area contributed by atoms with Crippen molar-refractivity contribution in [2.75, 3.05) is 32.7 Å². The first-order valence-electron chi connectivity index (χ1n) is 15.0. The molecule has 1 atom stereocenters. The summed E-state index contributed by atoms with van der Waals surface area (Å²) in [6.45, 7) is 3.08. The first-order chi connectivity index (χ1) is 22.5. The molecule has 2 aliphatic rings. The number of amidine groups is 1. The largest absolute Gasteiger partial charge is 0.485 e. The summed E-state index contributed by atoms with van der Waals surface area (Å²) in [7, 11) is -4.19. The molecule has 2 amide bonds. The monoisotopic (exact) mass is 697 g/mol. The highest BCUT2D eigenvalue weighted by molar-refractivity contribution is 7.89. The average Bonchev–Trinajstić information content (AvgIpc) is 3.71. The lowest BCUT2D eigenvalue weighted by Gasteiger charge is -2.37. The zero-order valence-corrected chi connectivity index (χ0v) is 27.9. The average molecular weight is 699 g/mol. The van der Waals surface area contributed by atoms with Crippen LogP contribution in [0.2, 0.25) is 10.0 Å². The summed E-state index contributed by atoms with van der Waals surface area (Å²) in [4.78, 5) is 34.3. The van der Waals surface area contributed by atoms with Crippen LogP contribution in [0.5, 0.6) is 5.75 Å². The van der Waals surface area contributed by atoms with E-state index in [4.69, 9.17) is 39.1 Å². The summed E-state index contributed by atoms with van der Waals surface area (Å²) in [5, 5.41) is 7.71. The number of nitrogens with two attached hydrogens (primary N) is 1. The Morgan fingerprint density at radius 3 is 2.38 bits per heavy atom. The number of pyridine rings is 1. The predicted octanol–water partition coefficient (Wildman–Crippen LogP) is 3.95. The molecule has 246 valence electrons. The molecule has 2 aromatic heterocycles. The Morgan fingerprint density at radius 2 is 1.68 bits per heavy atom. The van der Waals surface area contributed by atoms with Gasteiger partial charge in [0.1, 0.15) is 23.4 Å². The van der Waals surface area contributed by atoms with E-state index in [0.717, 1.165) is 5.69 Å². The summed E-state index contributed by atoms with van der Waals surface area (Å²) in [5.41, 5.74) is 8.21. The lowest BCUT2D eigenvalue weighted by atomic mass is 10.1. The normalized spacial score (nSPS) is 17.3. The van der Waals surface area contributed by atoms with E-state index in [1.54, 1.807) is 40.1 Å². The van der Waals surface area contributed by atoms with Gasteiger partial charge in [-0.1, -0.05) is 35.3 Å². The topological polar surface area (TPSA) is 154 Å². The SMILES string of the molecule is Cc1cn2cccc(OCc3c(Cl)ccc(S(=O)(=O)N4CCC[C@H]4C(=O)N4CCN(C(=O)c5ccc(C(=N)N)cc5)CC4)c3Cl)c2n1. The fourth-order valence-electron chi connectivity index (χ4n) is 6.00. The van der Waals surface area contributed by atoms with Gasteiger partial charge >= 0.3 is 0 Å². The number of hydrogen-bond donors (Lipinski definition) is 2. The summed E-state index contributed by atoms with van der Waals surface area (Å²) < 4.78 is 37.1. The van der Waals surface area contributed by atoms with Crippen LogP contribution in [0.1, 0.15) is 40.0 Å². The highest BCUT2D eigenvalue weighted by Crippen LogP contribution is 2.36. The predicted molar refractivity (Wildman–Crippen MR) is 178 cm³/mol. The van der Waals surface area contributed by atoms with E-state index in [2.05, 4.69) is 4.98 Å². The Kier molecular flexibility index (Phi) is 9.16. The van der Waals surface area contributed by atoms with E-state index in [1.807, 2.05) is 29.8 Å². The van der Waals surface area contributed by atoms with Crippen LogP contribution >= 0.6 is 23.2 Å². The third-order valence-electron chi connectivity index (χ3n) is 8.49. The first-order valence-corrected chi connectivity index (χ1v) is 17.2. The van der Waals surface area contributed by atoms with Crippen LogP contribution in [0.3, 0.4) is 0 Å². The number of amides is 2. The molecule has 0 spiro atoms. The van der Waals surface area contributed by atoms with E-state index >= 15 is 0 Å². The molecular formula is C32H33Cl2N7O5S. The van der Waals surface area contributed by atoms with Crippen LogP contribution in [-0.2, 0) is 21.4 Å². The minimum absolute atomic E-state index is 0.0643. The van der Waals surface area contributed by atoms with Gasteiger partial charge < -0.3 is 24.7 Å². The van der Waals surface area contributed by atoms with Crippen molar-refractivity contribution < 1.29 is 22.7 Å². The molecule has 4 heterocycles. The van der Waals surface area contributed by atoms with Gasteiger partial charge in [-0.2, -0.15) is 4.31 Å². The molecule has 2 fully saturated rings. The van der Waals surface area contributed by atoms with Gasteiger partial charge in [0.05, 0.1) is 10.7 Å². The molecule has 2 aliphatic heterocycles. The fraction of sp³-hybridized carbons (Fsp3) is 0.312. The molecule has 0 aliphatic carbocycles. The molecule has 3 N–H and O–H groups in total. The number of aryl methyl sites for hydroxylation is 1. The van der Waals surface area contributed by atoms with Crippen molar-refractivity contribution in [3.8, 4) is 5.75 Å². The van der Waals surface area contributed by atoms with Gasteiger partial charge in [0, 0.05) is 66.8 Å². The quantitative estimate of drug-likeness (QED) is 0.209. The van der Waals surface area contributed by atoms with Crippen LogP contribution in [0.15, 0.2) is 65.8 Å². The first kappa shape index (κ1) is 32.8. The highest BCUT2D eigenvalue weighted by atomic mass is 35.5. The van der Waals surface area contributed by atoms with Crippen LogP contribution in [0.4, 0.5) is 0 Å². The number of benzene rings is 2. The zero-order chi connectivity index (χ0) is 33.5. The Labute approximate surface area is 282 Å². The summed E-state index contributed by atoms with van der Waals surface area (Å²) in [6, 6.07) is 12.0. The number of halogens is 2. The number of aromatic nitrogens is 2. The number of carbonyl (C=O) groups excluding carboxylic acids is 2. The molecule has 6 rings (SSSR count). The van der Waals surface area contributed by atoms with Crippen LogP contribution in [-0.4, -0.2) is 88.3 Å². The second-order valence-electron chi connectivity index (χ2n) is 11.5. The minimum atomic E-state index is -4.19. The van der Waals surface area contributed by atoms with Crippen LogP contribution in [0, 0.1) is 12.3 Å². The molecule has 0 unspecified atom stereocenters. The fourth-order valence-corrected chi connectivity index (χ4v) is 8.51. The van der Waals surface area contributed by atoms with Gasteiger partial charge in [0.25, 0.3) is 5.91 Å². The molecule has 2 aromatic carbocycles. The molecule has 47 heavy (non-hydrogen) atoms. The van der Waals surface area contributed by atoms with E-state index in [1.165, 1.54) is 16.4 Å². The third kappa shape index (κ3) is 6.40. The van der Waals surface area contributed by atoms with E-state index in [9.17, 15) is 18.0 Å². The maximum atomic E-state index is 14.0. The number of imidazole rings is 1. The second-order valence-corrected chi connectivity index (χ2v) is 14.1. The van der Waals surface area contributed by atoms with Crippen molar-refractivity contribution in [3.63, 3.8) is 0 Å². The van der Waals surface area contributed by atoms with Crippen molar-refractivity contribution >= 4 is 56.5 Å². The van der Waals surface area contributed by atoms with E-state index in [0.29, 0.717) is 54.0 Å². The highest BCUT2D eigenvalue weighted by Gasteiger charge is 2.43. The van der Waals surface area contributed by atoms with E-state index in [-0.39, 0.29) is 58.8 Å². The van der Waals surface area contributed by atoms with Crippen molar-refractivity contribution in [1.82, 2.24) is 23.5 Å². The van der Waals surface area contributed by atoms with Gasteiger partial charge in [0.15, 0.2) is 11.4 Å². The third-order valence-corrected chi connectivity index (χ3v) is 11.3. The van der Waals surface area contributed by atoms with Gasteiger partial charge in [0.2, 0.25) is 15.9 Å². The number of nitrogen functional groups attached to an aromatic ring is 1. The number of ether oxygens (including phenoxy) is 1. The Hall–Kier alpha value is -4.17. The summed E-state index contributed by atoms with van der Waals surface area (Å²) >= 11 is 13.2. The van der Waals surface area contributed by atoms with Crippen molar-refractivity contribution in [3.05, 3.63) is 93.4 Å². The van der Waals surface area contributed by atoms with Crippen molar-refractivity contribution in [2.24, 2.45) is 5.73 Å². The van der Waals surface area contributed by atoms with E-state index < -0.39 is 16.1 Å². The Bertz CT molecular complexity index is 1980. The standard InChI is InChI=1S/C32H33Cl2N7O5S/c1-20-18-40-12-3-5-26(30(40)37-20)46-19-23-24(33)10-11-27(28(23)34)47(44,45)41-13-2-4-25(41)32(43)39-16-14-38(15-17-39)31(42)22-8-6-21(7-9-22)29(35)36/h3,5-12,18,25H,2,4,13-17,19H2,1H3,(H3,35,36)/t25-/m0/s1. The number of fused-ring (bicyclic) bond motifs is 1. The van der Waals surface area contributed by atoms with Crippen molar-refractivity contribution in [1.29, 1.82) is 5.41 Å². The molecular weight excluding hydrogens is 665 g/mol. The minimum Gasteiger partial charge on any atom is -0.485 e. The molecule has 0 radical (unpaired) electrons. The van der Waals surface area contributed by atoms with Crippen molar-refractivity contribution in [2.45, 2.75) is 37.3 Å². The summed E-state index contributed by atoms with van der Waals surface area (Å²) in [5.74, 6) is -0.0907. The number of carbonyl (C=O) groups is 2. The smallest absolute Gasteiger partial charge is 0.253 e. The maximum absolute atomic E-state index is 14.0. The lowest BCUT2D eigenvalue weighted by Crippen LogP contribution is -2.55. The maximum Gasteiger partial charge on any atom is 0.253 e. The Balaban J connectivity index is 1.14. The number of nitrogens with one attached hydrogen (secondary N) is 1. The number of hydrogen-bond acceptors (Lipinski definition) is 7. The number of sulfonamides is 1. The Morgan fingerprint density at radius 1 is 1.00 bits per heavy atom.